The fraction of sp³-hybridized carbons (Fsp3) is 0.350. The van der Waals surface area contributed by atoms with E-state index in [1.807, 2.05) is 38.1 Å². The molecule has 0 radical (unpaired) electrons. The van der Waals surface area contributed by atoms with Crippen LogP contribution in [0.4, 0.5) is 5.82 Å². The minimum absolute atomic E-state index is 0.116. The second kappa shape index (κ2) is 6.57. The van der Waals surface area contributed by atoms with Crippen LogP contribution < -0.4 is 16.6 Å². The molecule has 140 valence electrons. The summed E-state index contributed by atoms with van der Waals surface area (Å²) in [7, 11) is 0. The highest BCUT2D eigenvalue weighted by atomic mass is 16.5. The number of unbranched alkanes of at least 4 members (excludes halogenated alkanes) is 1. The van der Waals surface area contributed by atoms with Crippen LogP contribution in [0.25, 0.3) is 0 Å². The molecule has 1 atom stereocenters. The van der Waals surface area contributed by atoms with Gasteiger partial charge in [0.1, 0.15) is 12.4 Å². The average molecular weight is 367 g/mol. The van der Waals surface area contributed by atoms with Crippen LogP contribution >= 0.6 is 0 Å². The zero-order chi connectivity index (χ0) is 19.1. The molecule has 0 aliphatic carbocycles. The van der Waals surface area contributed by atoms with E-state index in [9.17, 15) is 14.4 Å². The molecule has 0 amide bonds. The molecular formula is C20H21N3O4. The number of ether oxygens (including phenoxy) is 1. The average Bonchev–Trinajstić information content (AvgIpc) is 3.01. The third kappa shape index (κ3) is 2.70. The number of cyclic esters (lactones) is 1. The van der Waals surface area contributed by atoms with Gasteiger partial charge in [-0.2, -0.15) is 0 Å². The Morgan fingerprint density at radius 2 is 2.00 bits per heavy atom. The lowest BCUT2D eigenvalue weighted by atomic mass is 9.81. The van der Waals surface area contributed by atoms with Crippen LogP contribution in [0.3, 0.4) is 0 Å². The molecule has 2 N–H and O–H groups in total. The molecule has 0 spiro atoms. The Bertz CT molecular complexity index is 1080. The number of anilines is 1. The molecule has 27 heavy (non-hydrogen) atoms. The Balaban J connectivity index is 2.02. The van der Waals surface area contributed by atoms with Crippen molar-refractivity contribution in [2.75, 3.05) is 11.9 Å². The predicted molar refractivity (Wildman–Crippen MR) is 101 cm³/mol. The van der Waals surface area contributed by atoms with Crippen LogP contribution in [0.1, 0.15) is 42.4 Å². The van der Waals surface area contributed by atoms with Gasteiger partial charge in [0.15, 0.2) is 0 Å². The molecule has 2 aromatic rings. The summed E-state index contributed by atoms with van der Waals surface area (Å²) in [6, 6.07) is 7.65. The van der Waals surface area contributed by atoms with E-state index < -0.39 is 23.1 Å². The Labute approximate surface area is 155 Å². The lowest BCUT2D eigenvalue weighted by Gasteiger charge is -2.29. The van der Waals surface area contributed by atoms with Crippen molar-refractivity contribution in [3.8, 4) is 0 Å². The van der Waals surface area contributed by atoms with Crippen LogP contribution in [-0.4, -0.2) is 22.1 Å². The van der Waals surface area contributed by atoms with Crippen LogP contribution in [0.15, 0.2) is 45.1 Å². The molecule has 7 heteroatoms. The van der Waals surface area contributed by atoms with E-state index in [1.54, 1.807) is 4.57 Å². The number of benzene rings is 1. The molecule has 2 aliphatic heterocycles. The van der Waals surface area contributed by atoms with E-state index >= 15 is 0 Å². The summed E-state index contributed by atoms with van der Waals surface area (Å²) in [5.74, 6) is -0.533. The summed E-state index contributed by atoms with van der Waals surface area (Å²) in [4.78, 5) is 40.1. The minimum Gasteiger partial charge on any atom is -0.456 e. The summed E-state index contributed by atoms with van der Waals surface area (Å²) in [5, 5.41) is 3.14. The minimum atomic E-state index is -0.565. The van der Waals surface area contributed by atoms with E-state index in [0.29, 0.717) is 29.2 Å². The molecule has 0 unspecified atom stereocenters. The standard InChI is InChI=1S/C20H21N3O4/c1-3-4-9-23-17-16(18(24)22-20(23)26)14(12-8-6-5-7-11(12)2)15-13(21-17)10-27-19(15)25/h5-8,14,21H,3-4,9-10H2,1-2H3,(H,22,24,26)/t14-/m1/s1. The van der Waals surface area contributed by atoms with E-state index in [0.717, 1.165) is 24.0 Å². The number of aromatic amines is 1. The monoisotopic (exact) mass is 367 g/mol. The van der Waals surface area contributed by atoms with Crippen molar-refractivity contribution in [1.82, 2.24) is 9.55 Å². The largest absolute Gasteiger partial charge is 0.456 e. The van der Waals surface area contributed by atoms with Crippen LogP contribution in [-0.2, 0) is 16.1 Å². The van der Waals surface area contributed by atoms with Gasteiger partial charge in [0, 0.05) is 6.54 Å². The molecule has 4 rings (SSSR count). The summed E-state index contributed by atoms with van der Waals surface area (Å²) in [5.41, 5.74) is 2.36. The number of carbonyl (C=O) groups excluding carboxylic acids is 1. The van der Waals surface area contributed by atoms with Crippen molar-refractivity contribution in [2.24, 2.45) is 0 Å². The molecular weight excluding hydrogens is 346 g/mol. The van der Waals surface area contributed by atoms with Gasteiger partial charge < -0.3 is 10.1 Å². The van der Waals surface area contributed by atoms with Gasteiger partial charge in [-0.05, 0) is 24.5 Å². The zero-order valence-corrected chi connectivity index (χ0v) is 15.3. The lowest BCUT2D eigenvalue weighted by Crippen LogP contribution is -2.38. The fourth-order valence-electron chi connectivity index (χ4n) is 3.84. The first-order valence-corrected chi connectivity index (χ1v) is 9.12. The molecule has 7 nitrogen and oxygen atoms in total. The summed E-state index contributed by atoms with van der Waals surface area (Å²) < 4.78 is 6.79. The van der Waals surface area contributed by atoms with E-state index in [4.69, 9.17) is 4.74 Å². The second-order valence-electron chi connectivity index (χ2n) is 6.91. The maximum absolute atomic E-state index is 12.8. The number of H-pyrrole nitrogens is 1. The van der Waals surface area contributed by atoms with E-state index in [2.05, 4.69) is 10.3 Å². The highest BCUT2D eigenvalue weighted by Crippen LogP contribution is 2.43. The van der Waals surface area contributed by atoms with Gasteiger partial charge in [0.2, 0.25) is 0 Å². The van der Waals surface area contributed by atoms with Gasteiger partial charge in [-0.25, -0.2) is 9.59 Å². The van der Waals surface area contributed by atoms with Gasteiger partial charge in [-0.1, -0.05) is 37.6 Å². The highest BCUT2D eigenvalue weighted by Gasteiger charge is 2.41. The molecule has 0 saturated heterocycles. The molecule has 2 aliphatic rings. The Kier molecular flexibility index (Phi) is 4.22. The van der Waals surface area contributed by atoms with Crippen molar-refractivity contribution in [3.63, 3.8) is 0 Å². The number of carbonyl (C=O) groups is 1. The number of hydrogen-bond acceptors (Lipinski definition) is 5. The number of nitrogens with zero attached hydrogens (tertiary/aromatic N) is 1. The van der Waals surface area contributed by atoms with Crippen molar-refractivity contribution in [3.05, 3.63) is 73.1 Å². The first-order chi connectivity index (χ1) is 13.0. The number of aromatic nitrogens is 2. The van der Waals surface area contributed by atoms with Crippen LogP contribution in [0, 0.1) is 6.92 Å². The SMILES string of the molecule is CCCCn1c2c(c(=O)[nH]c1=O)[C@H](c1ccccc1C)C1=C(COC1=O)N2. The third-order valence-corrected chi connectivity index (χ3v) is 5.21. The van der Waals surface area contributed by atoms with Gasteiger partial charge in [0.25, 0.3) is 5.56 Å². The van der Waals surface area contributed by atoms with Gasteiger partial charge >= 0.3 is 11.7 Å². The molecule has 0 fully saturated rings. The number of nitrogens with one attached hydrogen (secondary N) is 2. The first-order valence-electron chi connectivity index (χ1n) is 9.12. The maximum atomic E-state index is 12.8. The lowest BCUT2D eigenvalue weighted by molar-refractivity contribution is -0.136. The Hall–Kier alpha value is -3.09. The van der Waals surface area contributed by atoms with E-state index in [-0.39, 0.29) is 6.61 Å². The van der Waals surface area contributed by atoms with Crippen LogP contribution in [0.5, 0.6) is 0 Å². The van der Waals surface area contributed by atoms with Crippen molar-refractivity contribution in [2.45, 2.75) is 39.2 Å². The van der Waals surface area contributed by atoms with Crippen molar-refractivity contribution >= 4 is 11.8 Å². The summed E-state index contributed by atoms with van der Waals surface area (Å²) >= 11 is 0. The number of esters is 1. The zero-order valence-electron chi connectivity index (χ0n) is 15.3. The highest BCUT2D eigenvalue weighted by molar-refractivity contribution is 5.97. The number of fused-ring (bicyclic) bond motifs is 1. The summed E-state index contributed by atoms with van der Waals surface area (Å²) in [6.07, 6.45) is 1.72. The van der Waals surface area contributed by atoms with Gasteiger partial charge in [-0.15, -0.1) is 0 Å². The quantitative estimate of drug-likeness (QED) is 0.807. The van der Waals surface area contributed by atoms with Gasteiger partial charge in [-0.3, -0.25) is 14.3 Å². The number of hydrogen-bond donors (Lipinski definition) is 2. The maximum Gasteiger partial charge on any atom is 0.337 e. The molecule has 0 saturated carbocycles. The topological polar surface area (TPSA) is 93.2 Å². The van der Waals surface area contributed by atoms with Gasteiger partial charge in [0.05, 0.1) is 22.8 Å². The van der Waals surface area contributed by atoms with E-state index in [1.165, 1.54) is 0 Å². The molecule has 1 aromatic carbocycles. The molecule has 1 aromatic heterocycles. The first kappa shape index (κ1) is 17.3. The third-order valence-electron chi connectivity index (χ3n) is 5.21. The Morgan fingerprint density at radius 1 is 1.22 bits per heavy atom. The number of aryl methyl sites for hydroxylation is 1. The smallest absolute Gasteiger partial charge is 0.337 e. The second-order valence-corrected chi connectivity index (χ2v) is 6.91. The molecule has 3 heterocycles. The van der Waals surface area contributed by atoms with Crippen molar-refractivity contribution < 1.29 is 9.53 Å². The molecule has 0 bridgehead atoms. The summed E-state index contributed by atoms with van der Waals surface area (Å²) in [6.45, 7) is 4.58. The Morgan fingerprint density at radius 3 is 2.74 bits per heavy atom. The normalized spacial score (nSPS) is 18.0. The predicted octanol–water partition coefficient (Wildman–Crippen LogP) is 2.01. The fourth-order valence-corrected chi connectivity index (χ4v) is 3.84. The van der Waals surface area contributed by atoms with Crippen molar-refractivity contribution in [1.29, 1.82) is 0 Å². The van der Waals surface area contributed by atoms with Crippen LogP contribution in [0.2, 0.25) is 0 Å². The number of rotatable bonds is 4.